The van der Waals surface area contributed by atoms with Gasteiger partial charge in [0.15, 0.2) is 0 Å². The molecular formula is C16H17BrN2O3. The summed E-state index contributed by atoms with van der Waals surface area (Å²) in [5, 5.41) is 5.38. The van der Waals surface area contributed by atoms with Crippen LogP contribution in [0.1, 0.15) is 25.5 Å². The van der Waals surface area contributed by atoms with E-state index in [1.165, 1.54) is 0 Å². The predicted octanol–water partition coefficient (Wildman–Crippen LogP) is 3.20. The van der Waals surface area contributed by atoms with E-state index in [9.17, 15) is 9.59 Å². The highest BCUT2D eigenvalue weighted by Gasteiger charge is 2.31. The van der Waals surface area contributed by atoms with E-state index in [4.69, 9.17) is 4.74 Å². The molecule has 0 saturated heterocycles. The SMILES string of the molecule is CC=CCOC(=O)C1=C(C)NC(=O)NC1c1ccc(Br)cc1. The van der Waals surface area contributed by atoms with Crippen LogP contribution in [0.4, 0.5) is 4.79 Å². The number of halogens is 1. The lowest BCUT2D eigenvalue weighted by Crippen LogP contribution is -2.45. The molecule has 0 aromatic heterocycles. The Hall–Kier alpha value is -2.08. The first-order valence-electron chi connectivity index (χ1n) is 6.85. The molecule has 116 valence electrons. The van der Waals surface area contributed by atoms with Crippen LogP contribution in [-0.2, 0) is 9.53 Å². The van der Waals surface area contributed by atoms with Crippen molar-refractivity contribution in [3.05, 3.63) is 57.7 Å². The molecule has 1 heterocycles. The maximum absolute atomic E-state index is 12.3. The molecule has 2 rings (SSSR count). The highest BCUT2D eigenvalue weighted by Crippen LogP contribution is 2.28. The van der Waals surface area contributed by atoms with Gasteiger partial charge >= 0.3 is 12.0 Å². The van der Waals surface area contributed by atoms with Crippen molar-refractivity contribution >= 4 is 27.9 Å². The van der Waals surface area contributed by atoms with Crippen LogP contribution in [0.3, 0.4) is 0 Å². The molecule has 2 N–H and O–H groups in total. The molecule has 1 aliphatic heterocycles. The smallest absolute Gasteiger partial charge is 0.338 e. The van der Waals surface area contributed by atoms with E-state index in [0.29, 0.717) is 11.3 Å². The fraction of sp³-hybridized carbons (Fsp3) is 0.250. The summed E-state index contributed by atoms with van der Waals surface area (Å²) in [6.07, 6.45) is 3.55. The molecule has 0 aliphatic carbocycles. The zero-order valence-electron chi connectivity index (χ0n) is 12.4. The number of rotatable bonds is 4. The Morgan fingerprint density at radius 2 is 2.05 bits per heavy atom. The van der Waals surface area contributed by atoms with Gasteiger partial charge in [-0.25, -0.2) is 9.59 Å². The molecule has 1 unspecified atom stereocenters. The van der Waals surface area contributed by atoms with Crippen molar-refractivity contribution in [1.82, 2.24) is 10.6 Å². The number of allylic oxidation sites excluding steroid dienone is 2. The van der Waals surface area contributed by atoms with Crippen molar-refractivity contribution in [1.29, 1.82) is 0 Å². The van der Waals surface area contributed by atoms with Crippen LogP contribution in [0.15, 0.2) is 52.2 Å². The molecule has 1 aliphatic rings. The van der Waals surface area contributed by atoms with Gasteiger partial charge in [-0.2, -0.15) is 0 Å². The predicted molar refractivity (Wildman–Crippen MR) is 87.0 cm³/mol. The number of benzene rings is 1. The molecule has 2 amide bonds. The average molecular weight is 365 g/mol. The van der Waals surface area contributed by atoms with E-state index < -0.39 is 12.0 Å². The van der Waals surface area contributed by atoms with Gasteiger partial charge in [-0.3, -0.25) is 0 Å². The van der Waals surface area contributed by atoms with Gasteiger partial charge in [-0.05, 0) is 31.5 Å². The van der Waals surface area contributed by atoms with Crippen molar-refractivity contribution in [3.8, 4) is 0 Å². The third-order valence-electron chi connectivity index (χ3n) is 3.24. The highest BCUT2D eigenvalue weighted by molar-refractivity contribution is 9.10. The summed E-state index contributed by atoms with van der Waals surface area (Å²) in [5.41, 5.74) is 1.73. The van der Waals surface area contributed by atoms with Crippen molar-refractivity contribution in [2.75, 3.05) is 6.61 Å². The number of carbonyl (C=O) groups is 2. The summed E-state index contributed by atoms with van der Waals surface area (Å²) in [6, 6.07) is 6.57. The van der Waals surface area contributed by atoms with Crippen LogP contribution in [-0.4, -0.2) is 18.6 Å². The number of urea groups is 1. The lowest BCUT2D eigenvalue weighted by Gasteiger charge is -2.28. The summed E-state index contributed by atoms with van der Waals surface area (Å²) in [4.78, 5) is 24.0. The Morgan fingerprint density at radius 3 is 2.68 bits per heavy atom. The first kappa shape index (κ1) is 16.3. The van der Waals surface area contributed by atoms with Gasteiger partial charge < -0.3 is 15.4 Å². The number of carbonyl (C=O) groups excluding carboxylic acids is 2. The van der Waals surface area contributed by atoms with Gasteiger partial charge in [-0.15, -0.1) is 0 Å². The van der Waals surface area contributed by atoms with Crippen molar-refractivity contribution in [2.24, 2.45) is 0 Å². The minimum absolute atomic E-state index is 0.202. The monoisotopic (exact) mass is 364 g/mol. The van der Waals surface area contributed by atoms with Crippen molar-refractivity contribution in [2.45, 2.75) is 19.9 Å². The van der Waals surface area contributed by atoms with E-state index >= 15 is 0 Å². The number of hydrogen-bond acceptors (Lipinski definition) is 3. The molecule has 1 aromatic carbocycles. The van der Waals surface area contributed by atoms with Crippen molar-refractivity contribution < 1.29 is 14.3 Å². The van der Waals surface area contributed by atoms with Crippen LogP contribution in [0.2, 0.25) is 0 Å². The Balaban J connectivity index is 2.32. The summed E-state index contributed by atoms with van der Waals surface area (Å²) >= 11 is 3.37. The topological polar surface area (TPSA) is 67.4 Å². The van der Waals surface area contributed by atoms with Gasteiger partial charge in [0.05, 0.1) is 11.6 Å². The standard InChI is InChI=1S/C16H17BrN2O3/c1-3-4-9-22-15(20)13-10(2)18-16(21)19-14(13)11-5-7-12(17)8-6-11/h3-8,14H,9H2,1-2H3,(H2,18,19,21). The summed E-state index contributed by atoms with van der Waals surface area (Å²) in [7, 11) is 0. The second-order valence-corrected chi connectivity index (χ2v) is 5.70. The molecule has 22 heavy (non-hydrogen) atoms. The number of hydrogen-bond donors (Lipinski definition) is 2. The third kappa shape index (κ3) is 3.76. The molecule has 6 heteroatoms. The average Bonchev–Trinajstić information content (AvgIpc) is 2.47. The minimum atomic E-state index is -0.528. The fourth-order valence-corrected chi connectivity index (χ4v) is 2.43. The summed E-state index contributed by atoms with van der Waals surface area (Å²) in [6.45, 7) is 3.75. The molecule has 0 bridgehead atoms. The molecule has 5 nitrogen and oxygen atoms in total. The number of ether oxygens (including phenoxy) is 1. The fourth-order valence-electron chi connectivity index (χ4n) is 2.17. The van der Waals surface area contributed by atoms with Crippen LogP contribution >= 0.6 is 15.9 Å². The second kappa shape index (κ2) is 7.26. The van der Waals surface area contributed by atoms with Gasteiger partial charge in [-0.1, -0.05) is 40.2 Å². The van der Waals surface area contributed by atoms with Crippen LogP contribution in [0.25, 0.3) is 0 Å². The number of esters is 1. The zero-order chi connectivity index (χ0) is 16.1. The molecular weight excluding hydrogens is 348 g/mol. The first-order valence-corrected chi connectivity index (χ1v) is 7.64. The van der Waals surface area contributed by atoms with E-state index in [1.54, 1.807) is 13.0 Å². The molecule has 0 spiro atoms. The molecule has 1 aromatic rings. The van der Waals surface area contributed by atoms with Crippen LogP contribution in [0.5, 0.6) is 0 Å². The Kier molecular flexibility index (Phi) is 5.38. The quantitative estimate of drug-likeness (QED) is 0.636. The Morgan fingerprint density at radius 1 is 1.36 bits per heavy atom. The third-order valence-corrected chi connectivity index (χ3v) is 3.77. The van der Waals surface area contributed by atoms with E-state index in [1.807, 2.05) is 37.3 Å². The van der Waals surface area contributed by atoms with Gasteiger partial charge in [0.1, 0.15) is 6.61 Å². The highest BCUT2D eigenvalue weighted by atomic mass is 79.9. The van der Waals surface area contributed by atoms with E-state index in [2.05, 4.69) is 26.6 Å². The lowest BCUT2D eigenvalue weighted by molar-refractivity contribution is -0.138. The van der Waals surface area contributed by atoms with Crippen LogP contribution in [0, 0.1) is 0 Å². The van der Waals surface area contributed by atoms with Crippen molar-refractivity contribution in [3.63, 3.8) is 0 Å². The molecule has 1 atom stereocenters. The molecule has 0 saturated carbocycles. The zero-order valence-corrected chi connectivity index (χ0v) is 13.9. The molecule has 0 fully saturated rings. The maximum Gasteiger partial charge on any atom is 0.338 e. The van der Waals surface area contributed by atoms with E-state index in [-0.39, 0.29) is 12.6 Å². The first-order chi connectivity index (χ1) is 10.5. The number of nitrogens with one attached hydrogen (secondary N) is 2. The summed E-state index contributed by atoms with van der Waals surface area (Å²) in [5.74, 6) is -0.448. The number of amides is 2. The second-order valence-electron chi connectivity index (χ2n) is 4.79. The van der Waals surface area contributed by atoms with E-state index in [0.717, 1.165) is 10.0 Å². The van der Waals surface area contributed by atoms with Gasteiger partial charge in [0.25, 0.3) is 0 Å². The lowest BCUT2D eigenvalue weighted by atomic mass is 9.96. The molecule has 0 radical (unpaired) electrons. The van der Waals surface area contributed by atoms with Crippen LogP contribution < -0.4 is 10.6 Å². The van der Waals surface area contributed by atoms with Gasteiger partial charge in [0.2, 0.25) is 0 Å². The van der Waals surface area contributed by atoms with Gasteiger partial charge in [0, 0.05) is 10.2 Å². The normalized spacial score (nSPS) is 18.1. The largest absolute Gasteiger partial charge is 0.458 e. The Labute approximate surface area is 137 Å². The summed E-state index contributed by atoms with van der Waals surface area (Å²) < 4.78 is 6.14. The maximum atomic E-state index is 12.3. The Bertz CT molecular complexity index is 635. The minimum Gasteiger partial charge on any atom is -0.458 e.